The summed E-state index contributed by atoms with van der Waals surface area (Å²) in [6.45, 7) is 0. The largest absolute Gasteiger partial charge is 0.207 e. The summed E-state index contributed by atoms with van der Waals surface area (Å²) in [4.78, 5) is 0. The maximum absolute atomic E-state index is 13.1. The molecule has 0 nitrogen and oxygen atoms in total. The Labute approximate surface area is 117 Å². The first kappa shape index (κ1) is 13.1. The van der Waals surface area contributed by atoms with E-state index in [1.807, 2.05) is 12.1 Å². The van der Waals surface area contributed by atoms with Crippen LogP contribution < -0.4 is 15.9 Å². The van der Waals surface area contributed by atoms with Crippen LogP contribution >= 0.6 is 7.92 Å². The second kappa shape index (κ2) is 5.60. The van der Waals surface area contributed by atoms with Crippen molar-refractivity contribution in [1.82, 2.24) is 0 Å². The van der Waals surface area contributed by atoms with Gasteiger partial charge in [0.2, 0.25) is 0 Å². The fourth-order valence-electron chi connectivity index (χ4n) is 2.14. The van der Waals surface area contributed by atoms with Crippen LogP contribution in [0.1, 0.15) is 0 Å². The lowest BCUT2D eigenvalue weighted by molar-refractivity contribution is 0.628. The summed E-state index contributed by atoms with van der Waals surface area (Å²) in [5.41, 5.74) is 0. The number of halogens is 2. The monoisotopic (exact) mass is 285 g/mol. The molecule has 0 aliphatic heterocycles. The molecule has 0 aliphatic carbocycles. The summed E-state index contributed by atoms with van der Waals surface area (Å²) in [6, 6.07) is 21.2. The van der Waals surface area contributed by atoms with Crippen LogP contribution in [0.15, 0.2) is 72.8 Å². The predicted molar refractivity (Wildman–Crippen MR) is 80.7 cm³/mol. The van der Waals surface area contributed by atoms with Crippen molar-refractivity contribution in [2.45, 2.75) is 0 Å². The van der Waals surface area contributed by atoms with Gasteiger partial charge in [0, 0.05) is 0 Å². The van der Waals surface area contributed by atoms with Crippen molar-refractivity contribution in [1.29, 1.82) is 0 Å². The number of hydrogen-bond donors (Lipinski definition) is 0. The Kier molecular flexibility index (Phi) is 3.66. The molecule has 0 saturated carbocycles. The third kappa shape index (κ3) is 2.66. The summed E-state index contributed by atoms with van der Waals surface area (Å²) in [7, 11) is -0.767. The van der Waals surface area contributed by atoms with Gasteiger partial charge in [0.05, 0.1) is 0 Å². The molecule has 0 aliphatic rings. The smallest absolute Gasteiger partial charge is 0.123 e. The Morgan fingerprint density at radius 3 is 1.55 bits per heavy atom. The molecule has 0 fully saturated rings. The second-order valence-corrected chi connectivity index (χ2v) is 6.65. The van der Waals surface area contributed by atoms with Crippen LogP contribution in [0.5, 0.6) is 0 Å². The van der Waals surface area contributed by atoms with Gasteiger partial charge in [-0.1, -0.05) is 32.2 Å². The maximum Gasteiger partial charge on any atom is 0.123 e. The maximum atomic E-state index is 13.1. The summed E-state index contributed by atoms with van der Waals surface area (Å²) >= 11 is 0. The van der Waals surface area contributed by atoms with Crippen LogP contribution in [0.25, 0.3) is 0 Å². The highest BCUT2D eigenvalue weighted by molar-refractivity contribution is 7.79. The number of rotatable bonds is 3. The van der Waals surface area contributed by atoms with Gasteiger partial charge >= 0.3 is 0 Å². The second-order valence-electron chi connectivity index (χ2n) is 4.43. The minimum absolute atomic E-state index is 0.245. The molecule has 3 rings (SSSR count). The van der Waals surface area contributed by atoms with Crippen molar-refractivity contribution in [3.8, 4) is 0 Å². The summed E-state index contributed by atoms with van der Waals surface area (Å²) < 4.78 is 26.2. The summed E-state index contributed by atoms with van der Waals surface area (Å²) in [5, 5.41) is 3.29. The van der Waals surface area contributed by atoms with Gasteiger partial charge in [-0.3, -0.25) is 0 Å². The molecule has 0 unspecified atom stereocenters. The molecule has 100 valence electrons. The minimum atomic E-state index is -0.767. The van der Waals surface area contributed by atoms with E-state index in [1.54, 1.807) is 24.3 Å². The number of hydrogen-bond acceptors (Lipinski definition) is 0. The molecular formula is C17H12F2P-. The average molecular weight is 285 g/mol. The predicted octanol–water partition coefficient (Wildman–Crippen LogP) is 3.44. The Morgan fingerprint density at radius 2 is 1.15 bits per heavy atom. The fraction of sp³-hybridized carbons (Fsp3) is 0. The molecule has 0 saturated heterocycles. The van der Waals surface area contributed by atoms with Crippen LogP contribution in [-0.4, -0.2) is 0 Å². The average Bonchev–Trinajstić information content (AvgIpc) is 2.97. The SMILES string of the molecule is Fc1ccc(P(c2ccc(F)cc2)c2cc[cH-]c2)cc1. The molecule has 3 heteroatoms. The molecule has 20 heavy (non-hydrogen) atoms. The van der Waals surface area contributed by atoms with Gasteiger partial charge in [0.25, 0.3) is 0 Å². The van der Waals surface area contributed by atoms with Crippen LogP contribution in [0, 0.1) is 11.6 Å². The van der Waals surface area contributed by atoms with Crippen molar-refractivity contribution in [3.63, 3.8) is 0 Å². The molecule has 3 aromatic carbocycles. The van der Waals surface area contributed by atoms with Gasteiger partial charge in [-0.2, -0.15) is 23.5 Å². The molecule has 0 heterocycles. The molecule has 0 spiro atoms. The van der Waals surface area contributed by atoms with Gasteiger partial charge in [0.15, 0.2) is 0 Å². The van der Waals surface area contributed by atoms with Crippen LogP contribution in [0.2, 0.25) is 0 Å². The van der Waals surface area contributed by atoms with Crippen molar-refractivity contribution in [2.24, 2.45) is 0 Å². The Morgan fingerprint density at radius 1 is 0.650 bits per heavy atom. The Balaban J connectivity index is 2.09. The van der Waals surface area contributed by atoms with Crippen molar-refractivity contribution >= 4 is 23.8 Å². The van der Waals surface area contributed by atoms with Gasteiger partial charge in [-0.15, -0.1) is 0 Å². The highest BCUT2D eigenvalue weighted by Crippen LogP contribution is 2.32. The van der Waals surface area contributed by atoms with Crippen LogP contribution in [0.3, 0.4) is 0 Å². The van der Waals surface area contributed by atoms with E-state index in [4.69, 9.17) is 0 Å². The lowest BCUT2D eigenvalue weighted by atomic mass is 10.3. The first-order chi connectivity index (χ1) is 9.74. The quantitative estimate of drug-likeness (QED) is 0.511. The van der Waals surface area contributed by atoms with Crippen molar-refractivity contribution in [2.75, 3.05) is 0 Å². The van der Waals surface area contributed by atoms with E-state index >= 15 is 0 Å². The third-order valence-electron chi connectivity index (χ3n) is 3.07. The topological polar surface area (TPSA) is 0 Å². The molecule has 3 aromatic rings. The van der Waals surface area contributed by atoms with Gasteiger partial charge < -0.3 is 0 Å². The van der Waals surface area contributed by atoms with E-state index in [2.05, 4.69) is 12.1 Å². The van der Waals surface area contributed by atoms with E-state index in [0.29, 0.717) is 0 Å². The minimum Gasteiger partial charge on any atom is -0.207 e. The standard InChI is InChI=1S/C17H12F2P/c18-13-5-9-16(10-6-13)20(15-3-1-2-4-15)17-11-7-14(19)8-12-17/h1-12H/q-1. The highest BCUT2D eigenvalue weighted by Gasteiger charge is 2.11. The molecule has 0 atom stereocenters. The normalized spacial score (nSPS) is 10.9. The van der Waals surface area contributed by atoms with Crippen LogP contribution in [0.4, 0.5) is 8.78 Å². The first-order valence-electron chi connectivity index (χ1n) is 6.27. The summed E-state index contributed by atoms with van der Waals surface area (Å²) in [5.74, 6) is -0.490. The van der Waals surface area contributed by atoms with Crippen LogP contribution in [-0.2, 0) is 0 Å². The molecule has 0 radical (unpaired) electrons. The lowest BCUT2D eigenvalue weighted by Gasteiger charge is -2.23. The third-order valence-corrected chi connectivity index (χ3v) is 5.52. The Bertz CT molecular complexity index is 625. The number of benzene rings is 2. The van der Waals surface area contributed by atoms with E-state index in [9.17, 15) is 8.78 Å². The fourth-order valence-corrected chi connectivity index (χ4v) is 4.40. The molecule has 0 bridgehead atoms. The summed E-state index contributed by atoms with van der Waals surface area (Å²) in [6.07, 6.45) is 0. The van der Waals surface area contributed by atoms with Crippen molar-refractivity contribution < 1.29 is 8.78 Å². The van der Waals surface area contributed by atoms with Crippen molar-refractivity contribution in [3.05, 3.63) is 84.4 Å². The van der Waals surface area contributed by atoms with E-state index in [0.717, 1.165) is 10.6 Å². The van der Waals surface area contributed by atoms with Gasteiger partial charge in [-0.25, -0.2) is 14.8 Å². The van der Waals surface area contributed by atoms with E-state index < -0.39 is 7.92 Å². The molecule has 0 N–H and O–H groups in total. The van der Waals surface area contributed by atoms with Gasteiger partial charge in [-0.05, 0) is 34.9 Å². The van der Waals surface area contributed by atoms with E-state index in [-0.39, 0.29) is 11.6 Å². The van der Waals surface area contributed by atoms with Gasteiger partial charge in [0.1, 0.15) is 11.6 Å². The first-order valence-corrected chi connectivity index (χ1v) is 7.61. The molecule has 0 amide bonds. The zero-order chi connectivity index (χ0) is 13.9. The molecule has 0 aromatic heterocycles. The Hall–Kier alpha value is -1.92. The zero-order valence-electron chi connectivity index (χ0n) is 10.6. The highest BCUT2D eigenvalue weighted by atomic mass is 31.1. The molecular weight excluding hydrogens is 273 g/mol. The van der Waals surface area contributed by atoms with E-state index in [1.165, 1.54) is 29.6 Å². The zero-order valence-corrected chi connectivity index (χ0v) is 11.5. The lowest BCUT2D eigenvalue weighted by Crippen LogP contribution is -2.19.